The predicted molar refractivity (Wildman–Crippen MR) is 85.0 cm³/mol. The van der Waals surface area contributed by atoms with E-state index in [-0.39, 0.29) is 0 Å². The molecule has 20 heavy (non-hydrogen) atoms. The molecule has 0 aromatic heterocycles. The largest absolute Gasteiger partial charge is 0.496 e. The Kier molecular flexibility index (Phi) is 4.59. The molecule has 0 heterocycles. The van der Waals surface area contributed by atoms with Crippen LogP contribution in [-0.4, -0.2) is 7.11 Å². The van der Waals surface area contributed by atoms with E-state index in [9.17, 15) is 0 Å². The molecule has 0 bridgehead atoms. The van der Waals surface area contributed by atoms with Gasteiger partial charge >= 0.3 is 0 Å². The molecule has 0 saturated heterocycles. The monoisotopic (exact) mass is 309 g/mol. The number of aryl methyl sites for hydroxylation is 2. The van der Waals surface area contributed by atoms with Crippen molar-refractivity contribution in [1.82, 2.24) is 0 Å². The number of halogens is 2. The molecule has 2 rings (SSSR count). The summed E-state index contributed by atoms with van der Waals surface area (Å²) in [7, 11) is 1.64. The summed E-state index contributed by atoms with van der Waals surface area (Å²) in [6, 6.07) is 9.00. The Morgan fingerprint density at radius 2 is 1.65 bits per heavy atom. The van der Waals surface area contributed by atoms with E-state index in [1.165, 1.54) is 0 Å². The quantitative estimate of drug-likeness (QED) is 0.894. The van der Waals surface area contributed by atoms with Crippen molar-refractivity contribution in [1.29, 1.82) is 0 Å². The molecule has 0 aliphatic rings. The van der Waals surface area contributed by atoms with Crippen molar-refractivity contribution in [2.75, 3.05) is 7.11 Å². The fourth-order valence-electron chi connectivity index (χ4n) is 2.46. The third-order valence-corrected chi connectivity index (χ3v) is 3.99. The maximum absolute atomic E-state index is 6.40. The lowest BCUT2D eigenvalue weighted by atomic mass is 9.93. The highest BCUT2D eigenvalue weighted by Crippen LogP contribution is 2.38. The zero-order valence-electron chi connectivity index (χ0n) is 11.7. The summed E-state index contributed by atoms with van der Waals surface area (Å²) < 4.78 is 5.46. The minimum absolute atomic E-state index is 0.424. The zero-order valence-corrected chi connectivity index (χ0v) is 13.2. The first kappa shape index (κ1) is 15.2. The van der Waals surface area contributed by atoms with Gasteiger partial charge in [0, 0.05) is 21.2 Å². The molecule has 0 saturated carbocycles. The SMILES string of the molecule is COc1cc(C)cc(C)c1C(N)c1c(Cl)cccc1Cl. The van der Waals surface area contributed by atoms with Crippen molar-refractivity contribution in [3.63, 3.8) is 0 Å². The van der Waals surface area contributed by atoms with Crippen LogP contribution in [0.25, 0.3) is 0 Å². The molecule has 0 fully saturated rings. The van der Waals surface area contributed by atoms with Gasteiger partial charge < -0.3 is 10.5 Å². The smallest absolute Gasteiger partial charge is 0.124 e. The van der Waals surface area contributed by atoms with Crippen LogP contribution in [0.15, 0.2) is 30.3 Å². The lowest BCUT2D eigenvalue weighted by molar-refractivity contribution is 0.407. The van der Waals surface area contributed by atoms with Crippen LogP contribution in [-0.2, 0) is 0 Å². The first-order chi connectivity index (χ1) is 9.45. The second kappa shape index (κ2) is 6.04. The van der Waals surface area contributed by atoms with Gasteiger partial charge in [-0.25, -0.2) is 0 Å². The number of benzene rings is 2. The Hall–Kier alpha value is -1.22. The number of ether oxygens (including phenoxy) is 1. The van der Waals surface area contributed by atoms with Gasteiger partial charge in [-0.05, 0) is 43.2 Å². The predicted octanol–water partition coefficient (Wildman–Crippen LogP) is 4.67. The Bertz CT molecular complexity index is 620. The van der Waals surface area contributed by atoms with E-state index in [0.29, 0.717) is 10.0 Å². The number of methoxy groups -OCH3 is 1. The average molecular weight is 310 g/mol. The fraction of sp³-hybridized carbons (Fsp3) is 0.250. The fourth-order valence-corrected chi connectivity index (χ4v) is 3.09. The van der Waals surface area contributed by atoms with Gasteiger partial charge in [0.2, 0.25) is 0 Å². The topological polar surface area (TPSA) is 35.2 Å². The van der Waals surface area contributed by atoms with Gasteiger partial charge in [-0.1, -0.05) is 35.3 Å². The Balaban J connectivity index is 2.62. The molecule has 0 radical (unpaired) electrons. The number of rotatable bonds is 3. The van der Waals surface area contributed by atoms with Crippen molar-refractivity contribution in [3.05, 3.63) is 62.6 Å². The van der Waals surface area contributed by atoms with Crippen LogP contribution in [0, 0.1) is 13.8 Å². The maximum Gasteiger partial charge on any atom is 0.124 e. The molecule has 0 spiro atoms. The molecular formula is C16H17Cl2NO. The lowest BCUT2D eigenvalue weighted by Crippen LogP contribution is -2.16. The van der Waals surface area contributed by atoms with E-state index in [0.717, 1.165) is 28.0 Å². The van der Waals surface area contributed by atoms with Crippen molar-refractivity contribution < 1.29 is 4.74 Å². The first-order valence-electron chi connectivity index (χ1n) is 6.30. The van der Waals surface area contributed by atoms with E-state index in [4.69, 9.17) is 33.7 Å². The molecule has 0 aliphatic carbocycles. The van der Waals surface area contributed by atoms with E-state index in [2.05, 4.69) is 6.07 Å². The van der Waals surface area contributed by atoms with Crippen LogP contribution < -0.4 is 10.5 Å². The second-order valence-electron chi connectivity index (χ2n) is 4.81. The van der Waals surface area contributed by atoms with Crippen LogP contribution >= 0.6 is 23.2 Å². The number of hydrogen-bond acceptors (Lipinski definition) is 2. The standard InChI is InChI=1S/C16H17Cl2NO/c1-9-7-10(2)14(13(8-9)20-3)16(19)15-11(17)5-4-6-12(15)18/h4-8,16H,19H2,1-3H3. The van der Waals surface area contributed by atoms with Crippen LogP contribution in [0.3, 0.4) is 0 Å². The molecule has 1 atom stereocenters. The molecule has 0 aliphatic heterocycles. The molecule has 2 aromatic rings. The number of nitrogens with two attached hydrogens (primary N) is 1. The zero-order chi connectivity index (χ0) is 14.9. The van der Waals surface area contributed by atoms with Gasteiger partial charge in [-0.15, -0.1) is 0 Å². The van der Waals surface area contributed by atoms with Gasteiger partial charge in [-0.2, -0.15) is 0 Å². The molecule has 106 valence electrons. The van der Waals surface area contributed by atoms with Crippen LogP contribution in [0.2, 0.25) is 10.0 Å². The van der Waals surface area contributed by atoms with Crippen molar-refractivity contribution in [2.45, 2.75) is 19.9 Å². The van der Waals surface area contributed by atoms with E-state index in [1.54, 1.807) is 25.3 Å². The summed E-state index contributed by atoms with van der Waals surface area (Å²) >= 11 is 12.5. The molecule has 1 unspecified atom stereocenters. The van der Waals surface area contributed by atoms with Gasteiger partial charge in [0.25, 0.3) is 0 Å². The highest BCUT2D eigenvalue weighted by atomic mass is 35.5. The summed E-state index contributed by atoms with van der Waals surface area (Å²) in [5.41, 5.74) is 10.2. The molecular weight excluding hydrogens is 293 g/mol. The highest BCUT2D eigenvalue weighted by molar-refractivity contribution is 6.36. The lowest BCUT2D eigenvalue weighted by Gasteiger charge is -2.21. The van der Waals surface area contributed by atoms with E-state index >= 15 is 0 Å². The third-order valence-electron chi connectivity index (χ3n) is 3.33. The minimum Gasteiger partial charge on any atom is -0.496 e. The third kappa shape index (κ3) is 2.78. The summed E-state index contributed by atoms with van der Waals surface area (Å²) in [6.07, 6.45) is 0. The molecule has 4 heteroatoms. The number of hydrogen-bond donors (Lipinski definition) is 1. The van der Waals surface area contributed by atoms with Crippen molar-refractivity contribution in [2.24, 2.45) is 5.73 Å². The van der Waals surface area contributed by atoms with Gasteiger partial charge in [0.15, 0.2) is 0 Å². The summed E-state index contributed by atoms with van der Waals surface area (Å²) in [5.74, 6) is 0.756. The normalized spacial score (nSPS) is 12.3. The summed E-state index contributed by atoms with van der Waals surface area (Å²) in [5, 5.41) is 1.12. The van der Waals surface area contributed by atoms with Gasteiger partial charge in [-0.3, -0.25) is 0 Å². The van der Waals surface area contributed by atoms with Crippen LogP contribution in [0.5, 0.6) is 5.75 Å². The Labute approximate surface area is 129 Å². The van der Waals surface area contributed by atoms with E-state index in [1.807, 2.05) is 19.9 Å². The van der Waals surface area contributed by atoms with Crippen LogP contribution in [0.1, 0.15) is 28.3 Å². The van der Waals surface area contributed by atoms with Crippen molar-refractivity contribution in [3.8, 4) is 5.75 Å². The minimum atomic E-state index is -0.424. The molecule has 2 N–H and O–H groups in total. The Morgan fingerprint density at radius 3 is 2.20 bits per heavy atom. The van der Waals surface area contributed by atoms with Gasteiger partial charge in [0.1, 0.15) is 5.75 Å². The van der Waals surface area contributed by atoms with Crippen LogP contribution in [0.4, 0.5) is 0 Å². The maximum atomic E-state index is 6.40. The average Bonchev–Trinajstić information content (AvgIpc) is 2.37. The first-order valence-corrected chi connectivity index (χ1v) is 7.06. The van der Waals surface area contributed by atoms with Gasteiger partial charge in [0.05, 0.1) is 13.2 Å². The van der Waals surface area contributed by atoms with E-state index < -0.39 is 6.04 Å². The Morgan fingerprint density at radius 1 is 1.05 bits per heavy atom. The highest BCUT2D eigenvalue weighted by Gasteiger charge is 2.21. The summed E-state index contributed by atoms with van der Waals surface area (Å²) in [6.45, 7) is 4.03. The van der Waals surface area contributed by atoms with Crippen molar-refractivity contribution >= 4 is 23.2 Å². The molecule has 0 amide bonds. The second-order valence-corrected chi connectivity index (χ2v) is 5.63. The summed E-state index contributed by atoms with van der Waals surface area (Å²) in [4.78, 5) is 0. The molecule has 2 aromatic carbocycles. The molecule has 2 nitrogen and oxygen atoms in total.